The van der Waals surface area contributed by atoms with E-state index in [2.05, 4.69) is 15.5 Å². The molecule has 154 valence electrons. The highest BCUT2D eigenvalue weighted by molar-refractivity contribution is 6.34. The van der Waals surface area contributed by atoms with Gasteiger partial charge >= 0.3 is 0 Å². The van der Waals surface area contributed by atoms with Crippen LogP contribution in [-0.4, -0.2) is 38.7 Å². The molecular weight excluding hydrogens is 394 g/mol. The Kier molecular flexibility index (Phi) is 6.43. The second-order valence-corrected chi connectivity index (χ2v) is 6.78. The van der Waals surface area contributed by atoms with Gasteiger partial charge in [-0.25, -0.2) is 0 Å². The fraction of sp³-hybridized carbons (Fsp3) is 0.350. The van der Waals surface area contributed by atoms with Crippen molar-refractivity contribution >= 4 is 23.2 Å². The molecule has 2 heterocycles. The third-order valence-electron chi connectivity index (χ3n) is 4.32. The Balaban J connectivity index is 1.71. The molecule has 2 aromatic heterocycles. The van der Waals surface area contributed by atoms with Gasteiger partial charge in [-0.15, -0.1) is 0 Å². The fourth-order valence-corrected chi connectivity index (χ4v) is 3.06. The monoisotopic (exact) mass is 417 g/mol. The minimum atomic E-state index is -0.377. The number of nitrogens with one attached hydrogen (secondary N) is 1. The zero-order valence-electron chi connectivity index (χ0n) is 16.9. The summed E-state index contributed by atoms with van der Waals surface area (Å²) >= 11 is 6.18. The predicted octanol–water partition coefficient (Wildman–Crippen LogP) is 3.68. The third kappa shape index (κ3) is 4.71. The summed E-state index contributed by atoms with van der Waals surface area (Å²) in [5.74, 6) is 1.04. The number of hydrogen-bond donors (Lipinski definition) is 1. The van der Waals surface area contributed by atoms with E-state index in [0.717, 1.165) is 11.3 Å². The van der Waals surface area contributed by atoms with Crippen molar-refractivity contribution in [1.29, 1.82) is 0 Å². The maximum atomic E-state index is 12.4. The summed E-state index contributed by atoms with van der Waals surface area (Å²) in [6.45, 7) is 7.31. The fourth-order valence-electron chi connectivity index (χ4n) is 2.81. The lowest BCUT2D eigenvalue weighted by Crippen LogP contribution is -2.13. The maximum absolute atomic E-state index is 12.4. The van der Waals surface area contributed by atoms with Crippen LogP contribution in [0.4, 0.5) is 5.69 Å². The molecule has 0 saturated heterocycles. The van der Waals surface area contributed by atoms with Crippen LogP contribution in [0.1, 0.15) is 35.6 Å². The van der Waals surface area contributed by atoms with Gasteiger partial charge in [-0.1, -0.05) is 17.7 Å². The van der Waals surface area contributed by atoms with Crippen molar-refractivity contribution in [2.45, 2.75) is 27.3 Å². The van der Waals surface area contributed by atoms with Crippen molar-refractivity contribution in [2.24, 2.45) is 7.05 Å². The zero-order chi connectivity index (χ0) is 21.0. The second kappa shape index (κ2) is 9.00. The number of carbonyl (C=O) groups excluding carboxylic acids is 1. The average molecular weight is 418 g/mol. The minimum absolute atomic E-state index is 0.187. The van der Waals surface area contributed by atoms with Crippen LogP contribution in [0.3, 0.4) is 0 Å². The Morgan fingerprint density at radius 2 is 1.93 bits per heavy atom. The summed E-state index contributed by atoms with van der Waals surface area (Å²) < 4.78 is 14.6. The van der Waals surface area contributed by atoms with Crippen LogP contribution < -0.4 is 14.8 Å². The molecule has 0 spiro atoms. The lowest BCUT2D eigenvalue weighted by molar-refractivity contribution is 0.102. The quantitative estimate of drug-likeness (QED) is 0.604. The highest BCUT2D eigenvalue weighted by Crippen LogP contribution is 2.29. The molecular formula is C20H24ClN5O3. The first-order chi connectivity index (χ1) is 13.9. The van der Waals surface area contributed by atoms with Crippen LogP contribution in [-0.2, 0) is 13.6 Å². The van der Waals surface area contributed by atoms with Crippen molar-refractivity contribution in [3.63, 3.8) is 0 Å². The normalized spacial score (nSPS) is 10.8. The maximum Gasteiger partial charge on any atom is 0.277 e. The van der Waals surface area contributed by atoms with Gasteiger partial charge in [-0.2, -0.15) is 10.2 Å². The van der Waals surface area contributed by atoms with Gasteiger partial charge in [0.05, 0.1) is 42.4 Å². The topological polar surface area (TPSA) is 83.2 Å². The summed E-state index contributed by atoms with van der Waals surface area (Å²) in [6, 6.07) is 5.79. The highest BCUT2D eigenvalue weighted by Gasteiger charge is 2.18. The van der Waals surface area contributed by atoms with E-state index in [0.29, 0.717) is 42.0 Å². The number of aryl methyl sites for hydroxylation is 1. The third-order valence-corrected chi connectivity index (χ3v) is 4.77. The van der Waals surface area contributed by atoms with Gasteiger partial charge in [0.15, 0.2) is 17.2 Å². The molecule has 1 amide bonds. The van der Waals surface area contributed by atoms with Gasteiger partial charge in [-0.3, -0.25) is 14.2 Å². The Bertz CT molecular complexity index is 1010. The van der Waals surface area contributed by atoms with Gasteiger partial charge in [-0.05, 0) is 38.5 Å². The van der Waals surface area contributed by atoms with Crippen LogP contribution >= 0.6 is 11.6 Å². The van der Waals surface area contributed by atoms with E-state index in [9.17, 15) is 4.79 Å². The van der Waals surface area contributed by atoms with Crippen LogP contribution in [0.5, 0.6) is 11.5 Å². The van der Waals surface area contributed by atoms with Crippen molar-refractivity contribution in [3.8, 4) is 11.5 Å². The molecule has 1 N–H and O–H groups in total. The minimum Gasteiger partial charge on any atom is -0.490 e. The molecule has 0 aliphatic heterocycles. The standard InChI is InChI=1S/C20H24ClN5O3/c1-5-28-16-8-7-14(9-17(16)29-6-2)11-26-12-15(10-22-26)23-20(27)19-18(21)13(3)25(4)24-19/h7-10,12H,5-6,11H2,1-4H3,(H,23,27). The molecule has 0 aliphatic rings. The molecule has 8 nitrogen and oxygen atoms in total. The van der Waals surface area contributed by atoms with Gasteiger partial charge < -0.3 is 14.8 Å². The molecule has 0 fully saturated rings. The molecule has 0 aliphatic carbocycles. The van der Waals surface area contributed by atoms with Gasteiger partial charge in [0, 0.05) is 13.2 Å². The number of rotatable bonds is 8. The Morgan fingerprint density at radius 3 is 2.59 bits per heavy atom. The number of benzene rings is 1. The van der Waals surface area contributed by atoms with Gasteiger partial charge in [0.1, 0.15) is 0 Å². The van der Waals surface area contributed by atoms with E-state index in [4.69, 9.17) is 21.1 Å². The second-order valence-electron chi connectivity index (χ2n) is 6.40. The Hall–Kier alpha value is -3.00. The van der Waals surface area contributed by atoms with E-state index < -0.39 is 0 Å². The van der Waals surface area contributed by atoms with Crippen LogP contribution in [0.2, 0.25) is 5.02 Å². The predicted molar refractivity (Wildman–Crippen MR) is 111 cm³/mol. The molecule has 0 bridgehead atoms. The molecule has 1 aromatic carbocycles. The first-order valence-electron chi connectivity index (χ1n) is 9.34. The molecule has 9 heteroatoms. The average Bonchev–Trinajstić information content (AvgIpc) is 3.23. The van der Waals surface area contributed by atoms with E-state index in [-0.39, 0.29) is 11.6 Å². The number of halogens is 1. The van der Waals surface area contributed by atoms with Crippen LogP contribution in [0.25, 0.3) is 0 Å². The molecule has 0 unspecified atom stereocenters. The molecule has 3 rings (SSSR count). The molecule has 29 heavy (non-hydrogen) atoms. The van der Waals surface area contributed by atoms with E-state index in [1.54, 1.807) is 35.7 Å². The molecule has 0 radical (unpaired) electrons. The number of ether oxygens (including phenoxy) is 2. The van der Waals surface area contributed by atoms with Crippen molar-refractivity contribution in [3.05, 3.63) is 52.6 Å². The number of nitrogens with zero attached hydrogens (tertiary/aromatic N) is 4. The number of aromatic nitrogens is 4. The first-order valence-corrected chi connectivity index (χ1v) is 9.72. The van der Waals surface area contributed by atoms with Crippen molar-refractivity contribution in [2.75, 3.05) is 18.5 Å². The zero-order valence-corrected chi connectivity index (χ0v) is 17.7. The largest absolute Gasteiger partial charge is 0.490 e. The Labute approximate surface area is 174 Å². The number of anilines is 1. The van der Waals surface area contributed by atoms with Crippen LogP contribution in [0.15, 0.2) is 30.6 Å². The van der Waals surface area contributed by atoms with Gasteiger partial charge in [0.2, 0.25) is 0 Å². The first kappa shape index (κ1) is 20.7. The summed E-state index contributed by atoms with van der Waals surface area (Å²) in [5, 5.41) is 11.6. The smallest absolute Gasteiger partial charge is 0.277 e. The van der Waals surface area contributed by atoms with Crippen LogP contribution in [0, 0.1) is 6.92 Å². The molecule has 0 atom stereocenters. The number of hydrogen-bond acceptors (Lipinski definition) is 5. The highest BCUT2D eigenvalue weighted by atomic mass is 35.5. The lowest BCUT2D eigenvalue weighted by Gasteiger charge is -2.12. The van der Waals surface area contributed by atoms with Crippen molar-refractivity contribution in [1.82, 2.24) is 19.6 Å². The SMILES string of the molecule is CCOc1ccc(Cn2cc(NC(=O)c3nn(C)c(C)c3Cl)cn2)cc1OCC. The summed E-state index contributed by atoms with van der Waals surface area (Å²) in [4.78, 5) is 12.4. The van der Waals surface area contributed by atoms with Gasteiger partial charge in [0.25, 0.3) is 5.91 Å². The molecule has 0 saturated carbocycles. The van der Waals surface area contributed by atoms with E-state index in [1.165, 1.54) is 0 Å². The lowest BCUT2D eigenvalue weighted by atomic mass is 10.2. The Morgan fingerprint density at radius 1 is 1.21 bits per heavy atom. The summed E-state index contributed by atoms with van der Waals surface area (Å²) in [7, 11) is 1.74. The number of carbonyl (C=O) groups is 1. The number of amides is 1. The summed E-state index contributed by atoms with van der Waals surface area (Å²) in [5.41, 5.74) is 2.48. The van der Waals surface area contributed by atoms with E-state index >= 15 is 0 Å². The van der Waals surface area contributed by atoms with Crippen molar-refractivity contribution < 1.29 is 14.3 Å². The van der Waals surface area contributed by atoms with E-state index in [1.807, 2.05) is 32.0 Å². The summed E-state index contributed by atoms with van der Waals surface area (Å²) in [6.07, 6.45) is 3.33. The molecule has 3 aromatic rings.